The molecule has 1 atom stereocenters. The van der Waals surface area contributed by atoms with Crippen LogP contribution in [0.4, 0.5) is 0 Å². The van der Waals surface area contributed by atoms with Gasteiger partial charge in [-0.05, 0) is 18.3 Å². The first-order valence-electron chi connectivity index (χ1n) is 6.60. The largest absolute Gasteiger partial charge is 0.0656 e. The lowest BCUT2D eigenvalue weighted by molar-refractivity contribution is 0.250. The number of rotatable bonds is 6. The molecule has 0 spiro atoms. The van der Waals surface area contributed by atoms with Gasteiger partial charge in [-0.15, -0.1) is 0 Å². The molecule has 0 nitrogen and oxygen atoms in total. The summed E-state index contributed by atoms with van der Waals surface area (Å²) in [6.45, 7) is 13.6. The lowest BCUT2D eigenvalue weighted by Gasteiger charge is -2.27. The second-order valence-electron chi connectivity index (χ2n) is 4.72. The van der Waals surface area contributed by atoms with E-state index in [1.807, 2.05) is 0 Å². The van der Waals surface area contributed by atoms with Crippen molar-refractivity contribution in [3.63, 3.8) is 0 Å². The topological polar surface area (TPSA) is 0 Å². The first-order chi connectivity index (χ1) is 6.60. The third kappa shape index (κ3) is 10.1. The first kappa shape index (κ1) is 16.4. The van der Waals surface area contributed by atoms with Crippen molar-refractivity contribution in [3.05, 3.63) is 0 Å². The fourth-order valence-electron chi connectivity index (χ4n) is 1.69. The van der Waals surface area contributed by atoms with Gasteiger partial charge in [0.15, 0.2) is 0 Å². The molecule has 0 aromatic rings. The molecule has 0 N–H and O–H groups in total. The normalized spacial score (nSPS) is 14.1. The van der Waals surface area contributed by atoms with Crippen molar-refractivity contribution in [2.75, 3.05) is 0 Å². The van der Waals surface area contributed by atoms with E-state index < -0.39 is 0 Å². The summed E-state index contributed by atoms with van der Waals surface area (Å²) in [5.74, 6) is 0. The first-order valence-corrected chi connectivity index (χ1v) is 6.60. The molecule has 0 heteroatoms. The van der Waals surface area contributed by atoms with Gasteiger partial charge in [0.2, 0.25) is 0 Å². The van der Waals surface area contributed by atoms with Gasteiger partial charge in [-0.3, -0.25) is 0 Å². The minimum atomic E-state index is 0.644. The Labute approximate surface area is 92.5 Å². The zero-order valence-electron chi connectivity index (χ0n) is 11.4. The second-order valence-corrected chi connectivity index (χ2v) is 4.72. The van der Waals surface area contributed by atoms with Gasteiger partial charge in [0.25, 0.3) is 0 Å². The van der Waals surface area contributed by atoms with E-state index in [1.165, 1.54) is 44.9 Å². The summed E-state index contributed by atoms with van der Waals surface area (Å²) >= 11 is 0. The summed E-state index contributed by atoms with van der Waals surface area (Å²) in [6, 6.07) is 0. The number of unbranched alkanes of at least 4 members (excludes halogenated alkanes) is 1. The molecule has 0 fully saturated rings. The van der Waals surface area contributed by atoms with Crippen LogP contribution >= 0.6 is 0 Å². The van der Waals surface area contributed by atoms with Crippen molar-refractivity contribution < 1.29 is 0 Å². The third-order valence-electron chi connectivity index (χ3n) is 2.84. The molecule has 0 radical (unpaired) electrons. The third-order valence-corrected chi connectivity index (χ3v) is 2.84. The molecule has 14 heavy (non-hydrogen) atoms. The average molecular weight is 200 g/mol. The van der Waals surface area contributed by atoms with Crippen LogP contribution in [-0.4, -0.2) is 0 Å². The average Bonchev–Trinajstić information content (AvgIpc) is 2.17. The van der Waals surface area contributed by atoms with Crippen LogP contribution in [-0.2, 0) is 0 Å². The highest BCUT2D eigenvalue weighted by molar-refractivity contribution is 4.71. The van der Waals surface area contributed by atoms with E-state index >= 15 is 0 Å². The molecule has 0 heterocycles. The van der Waals surface area contributed by atoms with Crippen LogP contribution in [0, 0.1) is 5.41 Å². The molecule has 0 aliphatic carbocycles. The summed E-state index contributed by atoms with van der Waals surface area (Å²) in [4.78, 5) is 0. The summed E-state index contributed by atoms with van der Waals surface area (Å²) < 4.78 is 0. The van der Waals surface area contributed by atoms with Gasteiger partial charge < -0.3 is 0 Å². The molecule has 0 aliphatic rings. The molecule has 0 aliphatic heterocycles. The molecule has 0 aromatic heterocycles. The van der Waals surface area contributed by atoms with Gasteiger partial charge >= 0.3 is 0 Å². The minimum absolute atomic E-state index is 0.644. The monoisotopic (exact) mass is 200 g/mol. The van der Waals surface area contributed by atoms with E-state index in [9.17, 15) is 0 Å². The Morgan fingerprint density at radius 1 is 0.786 bits per heavy atom. The van der Waals surface area contributed by atoms with Gasteiger partial charge in [0.1, 0.15) is 0 Å². The summed E-state index contributed by atoms with van der Waals surface area (Å²) in [6.07, 6.45) is 9.52. The summed E-state index contributed by atoms with van der Waals surface area (Å²) in [5.41, 5.74) is 0.644. The van der Waals surface area contributed by atoms with Crippen LogP contribution in [0.25, 0.3) is 0 Å². The van der Waals surface area contributed by atoms with E-state index in [-0.39, 0.29) is 0 Å². The standard InChI is InChI=1S/C11H24.C3H8/c1-5-8-10-11(4,7-3)9-6-2;1-3-2/h5-10H2,1-4H3;3H2,1-2H3. The minimum Gasteiger partial charge on any atom is -0.0656 e. The molecule has 0 saturated carbocycles. The Morgan fingerprint density at radius 3 is 1.57 bits per heavy atom. The Kier molecular flexibility index (Phi) is 13.0. The summed E-state index contributed by atoms with van der Waals surface area (Å²) in [7, 11) is 0. The molecule has 0 aromatic carbocycles. The Balaban J connectivity index is 0. The van der Waals surface area contributed by atoms with Crippen molar-refractivity contribution in [1.29, 1.82) is 0 Å². The smallest absolute Gasteiger partial charge is 0.0329 e. The maximum Gasteiger partial charge on any atom is -0.0329 e. The molecule has 0 rings (SSSR count). The Bertz CT molecular complexity index is 96.2. The van der Waals surface area contributed by atoms with Crippen molar-refractivity contribution in [2.24, 2.45) is 5.41 Å². The zero-order valence-corrected chi connectivity index (χ0v) is 11.4. The van der Waals surface area contributed by atoms with E-state index in [2.05, 4.69) is 41.5 Å². The van der Waals surface area contributed by atoms with Gasteiger partial charge in [0.05, 0.1) is 0 Å². The molecular weight excluding hydrogens is 168 g/mol. The summed E-state index contributed by atoms with van der Waals surface area (Å²) in [5, 5.41) is 0. The quantitative estimate of drug-likeness (QED) is 0.507. The molecule has 88 valence electrons. The Morgan fingerprint density at radius 2 is 1.29 bits per heavy atom. The number of hydrogen-bond acceptors (Lipinski definition) is 0. The highest BCUT2D eigenvalue weighted by Gasteiger charge is 2.19. The van der Waals surface area contributed by atoms with Crippen LogP contribution in [0.5, 0.6) is 0 Å². The molecule has 0 bridgehead atoms. The van der Waals surface area contributed by atoms with Crippen molar-refractivity contribution >= 4 is 0 Å². The molecule has 1 unspecified atom stereocenters. The predicted octanol–water partition coefficient (Wildman–Crippen LogP) is 5.81. The van der Waals surface area contributed by atoms with Gasteiger partial charge in [-0.1, -0.05) is 73.6 Å². The predicted molar refractivity (Wildman–Crippen MR) is 68.8 cm³/mol. The van der Waals surface area contributed by atoms with Gasteiger partial charge in [0, 0.05) is 0 Å². The molecule has 0 saturated heterocycles. The Hall–Kier alpha value is 0. The SMILES string of the molecule is CCC.CCCCC(C)(CC)CCC. The zero-order chi connectivity index (χ0) is 11.4. The van der Waals surface area contributed by atoms with Gasteiger partial charge in [-0.2, -0.15) is 0 Å². The lowest BCUT2D eigenvalue weighted by Crippen LogP contribution is -2.14. The lowest BCUT2D eigenvalue weighted by atomic mass is 9.79. The maximum absolute atomic E-state index is 2.44. The van der Waals surface area contributed by atoms with E-state index in [1.54, 1.807) is 0 Å². The van der Waals surface area contributed by atoms with Crippen LogP contribution in [0.1, 0.15) is 86.5 Å². The fraction of sp³-hybridized carbons (Fsp3) is 1.00. The fourth-order valence-corrected chi connectivity index (χ4v) is 1.69. The maximum atomic E-state index is 2.44. The number of hydrogen-bond donors (Lipinski definition) is 0. The molecular formula is C14H32. The van der Waals surface area contributed by atoms with Crippen LogP contribution in [0.15, 0.2) is 0 Å². The van der Waals surface area contributed by atoms with Crippen LogP contribution in [0.3, 0.4) is 0 Å². The van der Waals surface area contributed by atoms with E-state index in [4.69, 9.17) is 0 Å². The van der Waals surface area contributed by atoms with Gasteiger partial charge in [-0.25, -0.2) is 0 Å². The van der Waals surface area contributed by atoms with E-state index in [0.717, 1.165) is 0 Å². The highest BCUT2D eigenvalue weighted by atomic mass is 14.2. The van der Waals surface area contributed by atoms with Crippen molar-refractivity contribution in [3.8, 4) is 0 Å². The molecule has 0 amide bonds. The second kappa shape index (κ2) is 11.1. The van der Waals surface area contributed by atoms with Crippen LogP contribution < -0.4 is 0 Å². The van der Waals surface area contributed by atoms with E-state index in [0.29, 0.717) is 5.41 Å². The van der Waals surface area contributed by atoms with Crippen LogP contribution in [0.2, 0.25) is 0 Å². The highest BCUT2D eigenvalue weighted by Crippen LogP contribution is 2.32. The van der Waals surface area contributed by atoms with Crippen molar-refractivity contribution in [2.45, 2.75) is 86.5 Å². The van der Waals surface area contributed by atoms with Crippen molar-refractivity contribution in [1.82, 2.24) is 0 Å².